The molecule has 1 aromatic heterocycles. The van der Waals surface area contributed by atoms with E-state index in [0.29, 0.717) is 17.5 Å². The second-order valence-corrected chi connectivity index (χ2v) is 5.31. The predicted octanol–water partition coefficient (Wildman–Crippen LogP) is 0.929. The second kappa shape index (κ2) is 5.82. The number of fused-ring (bicyclic) bond motifs is 1. The number of hydrogen-bond donors (Lipinski definition) is 2. The fourth-order valence-electron chi connectivity index (χ4n) is 2.66. The average molecular weight is 294 g/mol. The van der Waals surface area contributed by atoms with Crippen LogP contribution in [0.3, 0.4) is 0 Å². The van der Waals surface area contributed by atoms with Gasteiger partial charge in [0.05, 0.1) is 17.3 Å². The van der Waals surface area contributed by atoms with Gasteiger partial charge in [0, 0.05) is 17.7 Å². The number of carbonyl (C=O) groups is 1. The van der Waals surface area contributed by atoms with Gasteiger partial charge in [0.15, 0.2) is 0 Å². The number of aromatic nitrogens is 2. The lowest BCUT2D eigenvalue weighted by Crippen LogP contribution is -2.39. The number of aryl methyl sites for hydroxylation is 1. The van der Waals surface area contributed by atoms with Crippen molar-refractivity contribution in [2.75, 3.05) is 0 Å². The Bertz CT molecular complexity index is 819. The summed E-state index contributed by atoms with van der Waals surface area (Å²) in [7, 11) is 0. The third kappa shape index (κ3) is 2.88. The van der Waals surface area contributed by atoms with Crippen LogP contribution in [0.1, 0.15) is 33.6 Å². The third-order valence-corrected chi connectivity index (χ3v) is 3.76. The van der Waals surface area contributed by atoms with Crippen LogP contribution in [0.5, 0.6) is 0 Å². The zero-order valence-corrected chi connectivity index (χ0v) is 11.8. The molecule has 0 aliphatic heterocycles. The summed E-state index contributed by atoms with van der Waals surface area (Å²) in [5.74, 6) is -0.205. The van der Waals surface area contributed by atoms with Crippen molar-refractivity contribution in [3.05, 3.63) is 63.1 Å². The van der Waals surface area contributed by atoms with E-state index in [4.69, 9.17) is 5.26 Å². The number of hydrogen-bond acceptors (Lipinski definition) is 4. The first-order valence-electron chi connectivity index (χ1n) is 7.04. The maximum Gasteiger partial charge on any atom is 0.264 e. The van der Waals surface area contributed by atoms with Crippen LogP contribution >= 0.6 is 0 Å². The smallest absolute Gasteiger partial charge is 0.264 e. The molecule has 6 heteroatoms. The molecule has 110 valence electrons. The number of rotatable bonds is 2. The normalized spacial score (nSPS) is 16.4. The molecule has 0 saturated heterocycles. The van der Waals surface area contributed by atoms with Crippen LogP contribution in [-0.2, 0) is 12.8 Å². The molecule has 2 N–H and O–H groups in total. The first kappa shape index (κ1) is 14.0. The monoisotopic (exact) mass is 294 g/mol. The summed E-state index contributed by atoms with van der Waals surface area (Å²) in [5, 5.41) is 18.3. The molecule has 6 nitrogen and oxygen atoms in total. The molecule has 2 aromatic rings. The van der Waals surface area contributed by atoms with Crippen molar-refractivity contribution >= 4 is 5.91 Å². The Hall–Kier alpha value is -2.94. The van der Waals surface area contributed by atoms with Gasteiger partial charge in [-0.25, -0.2) is 5.10 Å². The standard InChI is InChI=1S/C16H14N4O2/c17-9-10-2-1-3-11(6-10)16(22)18-13-4-5-14-12(7-13)8-15(21)20-19-14/h1-3,6,8,13H,4-5,7H2,(H,18,22)(H,20,21)/t13-/m0/s1. The third-order valence-electron chi connectivity index (χ3n) is 3.76. The van der Waals surface area contributed by atoms with E-state index in [2.05, 4.69) is 15.5 Å². The van der Waals surface area contributed by atoms with Gasteiger partial charge in [0.2, 0.25) is 0 Å². The second-order valence-electron chi connectivity index (χ2n) is 5.31. The summed E-state index contributed by atoms with van der Waals surface area (Å²) >= 11 is 0. The molecule has 1 aromatic carbocycles. The summed E-state index contributed by atoms with van der Waals surface area (Å²) in [6.07, 6.45) is 2.08. The van der Waals surface area contributed by atoms with Crippen LogP contribution in [0.25, 0.3) is 0 Å². The summed E-state index contributed by atoms with van der Waals surface area (Å²) in [6.45, 7) is 0. The van der Waals surface area contributed by atoms with E-state index in [0.717, 1.165) is 24.1 Å². The van der Waals surface area contributed by atoms with E-state index in [-0.39, 0.29) is 17.5 Å². The number of benzene rings is 1. The van der Waals surface area contributed by atoms with Crippen LogP contribution < -0.4 is 10.9 Å². The van der Waals surface area contributed by atoms with Gasteiger partial charge in [0.1, 0.15) is 0 Å². The zero-order chi connectivity index (χ0) is 15.5. The minimum absolute atomic E-state index is 0.0330. The lowest BCUT2D eigenvalue weighted by atomic mass is 9.92. The molecule has 0 radical (unpaired) electrons. The van der Waals surface area contributed by atoms with Gasteiger partial charge in [-0.2, -0.15) is 10.4 Å². The highest BCUT2D eigenvalue weighted by atomic mass is 16.1. The molecular weight excluding hydrogens is 280 g/mol. The van der Waals surface area contributed by atoms with E-state index >= 15 is 0 Å². The quantitative estimate of drug-likeness (QED) is 0.860. The zero-order valence-electron chi connectivity index (χ0n) is 11.8. The van der Waals surface area contributed by atoms with E-state index in [1.807, 2.05) is 6.07 Å². The van der Waals surface area contributed by atoms with Gasteiger partial charge in [-0.05, 0) is 43.0 Å². The Labute approximate surface area is 126 Å². The van der Waals surface area contributed by atoms with Gasteiger partial charge < -0.3 is 5.32 Å². The van der Waals surface area contributed by atoms with Crippen LogP contribution in [0.4, 0.5) is 0 Å². The number of nitrogens with zero attached hydrogens (tertiary/aromatic N) is 2. The number of nitrogens with one attached hydrogen (secondary N) is 2. The van der Waals surface area contributed by atoms with Crippen LogP contribution in [0.2, 0.25) is 0 Å². The van der Waals surface area contributed by atoms with E-state index in [1.54, 1.807) is 24.3 Å². The molecule has 1 aliphatic carbocycles. The van der Waals surface area contributed by atoms with Gasteiger partial charge in [0.25, 0.3) is 11.5 Å². The number of amides is 1. The van der Waals surface area contributed by atoms with Crippen molar-refractivity contribution in [2.45, 2.75) is 25.3 Å². The molecule has 0 saturated carbocycles. The van der Waals surface area contributed by atoms with Crippen LogP contribution in [0.15, 0.2) is 35.1 Å². The summed E-state index contributed by atoms with van der Waals surface area (Å²) < 4.78 is 0. The van der Waals surface area contributed by atoms with Gasteiger partial charge in [-0.3, -0.25) is 9.59 Å². The molecular formula is C16H14N4O2. The Morgan fingerprint density at radius 3 is 3.09 bits per heavy atom. The first-order chi connectivity index (χ1) is 10.7. The summed E-state index contributed by atoms with van der Waals surface area (Å²) in [4.78, 5) is 23.6. The number of carbonyl (C=O) groups excluding carboxylic acids is 1. The van der Waals surface area contributed by atoms with E-state index in [1.165, 1.54) is 6.07 Å². The summed E-state index contributed by atoms with van der Waals surface area (Å²) in [5.41, 5.74) is 2.46. The van der Waals surface area contributed by atoms with Gasteiger partial charge in [-0.1, -0.05) is 6.07 Å². The number of nitriles is 1. The Morgan fingerprint density at radius 1 is 1.41 bits per heavy atom. The minimum atomic E-state index is -0.229. The van der Waals surface area contributed by atoms with Crippen molar-refractivity contribution in [1.29, 1.82) is 5.26 Å². The average Bonchev–Trinajstić information content (AvgIpc) is 2.54. The molecule has 1 atom stereocenters. The van der Waals surface area contributed by atoms with Crippen molar-refractivity contribution in [1.82, 2.24) is 15.5 Å². The van der Waals surface area contributed by atoms with Crippen molar-refractivity contribution in [3.63, 3.8) is 0 Å². The number of H-pyrrole nitrogens is 1. The Morgan fingerprint density at radius 2 is 2.27 bits per heavy atom. The van der Waals surface area contributed by atoms with Crippen LogP contribution in [0, 0.1) is 11.3 Å². The van der Waals surface area contributed by atoms with Crippen molar-refractivity contribution in [3.8, 4) is 6.07 Å². The highest BCUT2D eigenvalue weighted by molar-refractivity contribution is 5.94. The number of aromatic amines is 1. The highest BCUT2D eigenvalue weighted by Gasteiger charge is 2.22. The van der Waals surface area contributed by atoms with E-state index in [9.17, 15) is 9.59 Å². The predicted molar refractivity (Wildman–Crippen MR) is 79.3 cm³/mol. The largest absolute Gasteiger partial charge is 0.349 e. The SMILES string of the molecule is N#Cc1cccc(C(=O)N[C@H]2CCc3n[nH]c(=O)cc3C2)c1. The minimum Gasteiger partial charge on any atom is -0.349 e. The first-order valence-corrected chi connectivity index (χ1v) is 7.04. The lowest BCUT2D eigenvalue weighted by molar-refractivity contribution is 0.0933. The van der Waals surface area contributed by atoms with E-state index < -0.39 is 0 Å². The molecule has 1 amide bonds. The Kier molecular flexibility index (Phi) is 3.71. The molecule has 0 spiro atoms. The molecule has 0 fully saturated rings. The topological polar surface area (TPSA) is 98.6 Å². The maximum absolute atomic E-state index is 12.3. The fraction of sp³-hybridized carbons (Fsp3) is 0.250. The molecule has 3 rings (SSSR count). The highest BCUT2D eigenvalue weighted by Crippen LogP contribution is 2.18. The molecule has 1 heterocycles. The van der Waals surface area contributed by atoms with Crippen molar-refractivity contribution < 1.29 is 4.79 Å². The van der Waals surface area contributed by atoms with Crippen molar-refractivity contribution in [2.24, 2.45) is 0 Å². The van der Waals surface area contributed by atoms with Gasteiger partial charge in [-0.15, -0.1) is 0 Å². The fourth-order valence-corrected chi connectivity index (χ4v) is 2.66. The van der Waals surface area contributed by atoms with Crippen LogP contribution in [-0.4, -0.2) is 22.1 Å². The van der Waals surface area contributed by atoms with Gasteiger partial charge >= 0.3 is 0 Å². The molecule has 0 unspecified atom stereocenters. The summed E-state index contributed by atoms with van der Waals surface area (Å²) in [6, 6.07) is 10.1. The molecule has 22 heavy (non-hydrogen) atoms. The molecule has 1 aliphatic rings. The Balaban J connectivity index is 1.73. The maximum atomic E-state index is 12.3. The lowest BCUT2D eigenvalue weighted by Gasteiger charge is -2.24. The molecule has 0 bridgehead atoms.